The first-order chi connectivity index (χ1) is 13.0. The second-order valence-electron chi connectivity index (χ2n) is 7.36. The molecule has 3 rings (SSSR count). The Morgan fingerprint density at radius 2 is 1.11 bits per heavy atom. The Morgan fingerprint density at radius 3 is 1.70 bits per heavy atom. The van der Waals surface area contributed by atoms with Gasteiger partial charge in [0.05, 0.1) is 0 Å². The second kappa shape index (κ2) is 8.22. The molecule has 0 fully saturated rings. The van der Waals surface area contributed by atoms with Crippen molar-refractivity contribution < 1.29 is 4.79 Å². The third-order valence-corrected chi connectivity index (χ3v) is 4.81. The van der Waals surface area contributed by atoms with Gasteiger partial charge in [0.15, 0.2) is 0 Å². The number of rotatable bonds is 5. The Bertz CT molecular complexity index is 904. The Hall–Kier alpha value is -2.87. The van der Waals surface area contributed by atoms with Crippen LogP contribution in [0.4, 0.5) is 0 Å². The first-order valence-corrected chi connectivity index (χ1v) is 9.57. The summed E-state index contributed by atoms with van der Waals surface area (Å²) in [5.74, 6) is 0.0819. The van der Waals surface area contributed by atoms with Gasteiger partial charge in [-0.2, -0.15) is 0 Å². The zero-order valence-electron chi connectivity index (χ0n) is 16.5. The summed E-state index contributed by atoms with van der Waals surface area (Å²) in [5.41, 5.74) is 5.11. The van der Waals surface area contributed by atoms with Crippen LogP contribution in [0.2, 0.25) is 0 Å². The van der Waals surface area contributed by atoms with E-state index in [1.165, 1.54) is 0 Å². The monoisotopic (exact) mass is 357 g/mol. The summed E-state index contributed by atoms with van der Waals surface area (Å²) in [4.78, 5) is 15.3. The van der Waals surface area contributed by atoms with E-state index in [4.69, 9.17) is 0 Å². The van der Waals surface area contributed by atoms with E-state index in [-0.39, 0.29) is 18.0 Å². The molecular weight excluding hydrogens is 330 g/mol. The van der Waals surface area contributed by atoms with Crippen LogP contribution in [0, 0.1) is 0 Å². The molecular formula is C25H27NO. The quantitative estimate of drug-likeness (QED) is 0.526. The summed E-state index contributed by atoms with van der Waals surface area (Å²) in [5, 5.41) is 0. The normalized spacial score (nSPS) is 11.0. The van der Waals surface area contributed by atoms with Crippen LogP contribution < -0.4 is 0 Å². The van der Waals surface area contributed by atoms with Gasteiger partial charge in [-0.15, -0.1) is 0 Å². The van der Waals surface area contributed by atoms with Crippen molar-refractivity contribution in [3.05, 3.63) is 84.4 Å². The van der Waals surface area contributed by atoms with Crippen molar-refractivity contribution in [2.45, 2.75) is 39.8 Å². The Kier molecular flexibility index (Phi) is 5.75. The molecule has 0 N–H and O–H groups in total. The van der Waals surface area contributed by atoms with E-state index in [1.807, 2.05) is 59.5 Å². The molecule has 0 aliphatic heterocycles. The molecule has 3 aromatic carbocycles. The summed E-state index contributed by atoms with van der Waals surface area (Å²) >= 11 is 0. The van der Waals surface area contributed by atoms with Crippen molar-refractivity contribution in [1.82, 2.24) is 4.90 Å². The topological polar surface area (TPSA) is 20.3 Å². The molecule has 0 heterocycles. The van der Waals surface area contributed by atoms with Crippen LogP contribution in [-0.2, 0) is 0 Å². The number of hydrogen-bond donors (Lipinski definition) is 0. The van der Waals surface area contributed by atoms with Gasteiger partial charge in [0.2, 0.25) is 0 Å². The number of carbonyl (C=O) groups is 1. The van der Waals surface area contributed by atoms with E-state index in [2.05, 4.69) is 52.0 Å². The van der Waals surface area contributed by atoms with Crippen LogP contribution in [0.1, 0.15) is 38.1 Å². The zero-order valence-corrected chi connectivity index (χ0v) is 16.5. The third kappa shape index (κ3) is 3.95. The summed E-state index contributed by atoms with van der Waals surface area (Å²) in [6, 6.07) is 26.9. The lowest BCUT2D eigenvalue weighted by atomic mass is 9.91. The van der Waals surface area contributed by atoms with Gasteiger partial charge < -0.3 is 4.90 Å². The van der Waals surface area contributed by atoms with Gasteiger partial charge in [-0.3, -0.25) is 4.79 Å². The fraction of sp³-hybridized carbons (Fsp3) is 0.240. The minimum Gasteiger partial charge on any atom is -0.334 e. The Labute approximate surface area is 162 Å². The minimum atomic E-state index is 0.0819. The smallest absolute Gasteiger partial charge is 0.254 e. The molecule has 138 valence electrons. The highest BCUT2D eigenvalue weighted by molar-refractivity contribution is 6.03. The first kappa shape index (κ1) is 18.9. The molecule has 2 nitrogen and oxygen atoms in total. The Balaban J connectivity index is 2.15. The number of amides is 1. The predicted octanol–water partition coefficient (Wildman–Crippen LogP) is 6.28. The molecule has 0 atom stereocenters. The second-order valence-corrected chi connectivity index (χ2v) is 7.36. The Morgan fingerprint density at radius 1 is 0.630 bits per heavy atom. The minimum absolute atomic E-state index is 0.0819. The van der Waals surface area contributed by atoms with Gasteiger partial charge in [-0.25, -0.2) is 0 Å². The van der Waals surface area contributed by atoms with E-state index in [9.17, 15) is 4.79 Å². The predicted molar refractivity (Wildman–Crippen MR) is 114 cm³/mol. The molecule has 0 spiro atoms. The van der Waals surface area contributed by atoms with E-state index in [0.29, 0.717) is 0 Å². The summed E-state index contributed by atoms with van der Waals surface area (Å²) in [6.07, 6.45) is 0. The zero-order chi connectivity index (χ0) is 19.4. The van der Waals surface area contributed by atoms with E-state index >= 15 is 0 Å². The van der Waals surface area contributed by atoms with Gasteiger partial charge >= 0.3 is 0 Å². The van der Waals surface area contributed by atoms with Gasteiger partial charge in [-0.05, 0) is 56.0 Å². The maximum absolute atomic E-state index is 13.4. The standard InChI is InChI=1S/C25H27NO/c1-18(2)26(19(3)4)25(27)24-17-11-10-16-23(24)22-15-9-8-14-21(22)20-12-6-5-7-13-20/h5-19H,1-4H3. The first-order valence-electron chi connectivity index (χ1n) is 9.57. The molecule has 0 aliphatic rings. The van der Waals surface area contributed by atoms with Crippen LogP contribution in [0.15, 0.2) is 78.9 Å². The molecule has 3 aromatic rings. The van der Waals surface area contributed by atoms with Gasteiger partial charge in [0.1, 0.15) is 0 Å². The molecule has 0 aromatic heterocycles. The largest absolute Gasteiger partial charge is 0.334 e. The lowest BCUT2D eigenvalue weighted by molar-refractivity contribution is 0.0644. The molecule has 0 aliphatic carbocycles. The van der Waals surface area contributed by atoms with Gasteiger partial charge in [0.25, 0.3) is 5.91 Å². The maximum Gasteiger partial charge on any atom is 0.254 e. The lowest BCUT2D eigenvalue weighted by Crippen LogP contribution is -2.42. The van der Waals surface area contributed by atoms with Crippen LogP contribution >= 0.6 is 0 Å². The van der Waals surface area contributed by atoms with E-state index in [1.54, 1.807) is 0 Å². The van der Waals surface area contributed by atoms with E-state index in [0.717, 1.165) is 27.8 Å². The SMILES string of the molecule is CC(C)N(C(=O)c1ccccc1-c1ccccc1-c1ccccc1)C(C)C. The molecule has 2 heteroatoms. The molecule has 1 amide bonds. The number of hydrogen-bond acceptors (Lipinski definition) is 1. The average molecular weight is 357 g/mol. The maximum atomic E-state index is 13.4. The third-order valence-electron chi connectivity index (χ3n) is 4.81. The molecule has 0 saturated carbocycles. The lowest BCUT2D eigenvalue weighted by Gasteiger charge is -2.31. The van der Waals surface area contributed by atoms with E-state index < -0.39 is 0 Å². The van der Waals surface area contributed by atoms with Crippen molar-refractivity contribution >= 4 is 5.91 Å². The highest BCUT2D eigenvalue weighted by atomic mass is 16.2. The highest BCUT2D eigenvalue weighted by Gasteiger charge is 2.24. The number of benzene rings is 3. The summed E-state index contributed by atoms with van der Waals surface area (Å²) < 4.78 is 0. The average Bonchev–Trinajstić information content (AvgIpc) is 2.68. The van der Waals surface area contributed by atoms with Crippen LogP contribution in [0.3, 0.4) is 0 Å². The van der Waals surface area contributed by atoms with Crippen molar-refractivity contribution in [2.75, 3.05) is 0 Å². The molecule has 0 saturated heterocycles. The highest BCUT2D eigenvalue weighted by Crippen LogP contribution is 2.34. The van der Waals surface area contributed by atoms with Crippen molar-refractivity contribution in [1.29, 1.82) is 0 Å². The summed E-state index contributed by atoms with van der Waals surface area (Å²) in [7, 11) is 0. The molecule has 27 heavy (non-hydrogen) atoms. The van der Waals surface area contributed by atoms with Crippen LogP contribution in [-0.4, -0.2) is 22.9 Å². The summed E-state index contributed by atoms with van der Waals surface area (Å²) in [6.45, 7) is 8.27. The van der Waals surface area contributed by atoms with Crippen molar-refractivity contribution in [3.8, 4) is 22.3 Å². The molecule has 0 unspecified atom stereocenters. The molecule has 0 bridgehead atoms. The number of carbonyl (C=O) groups excluding carboxylic acids is 1. The van der Waals surface area contributed by atoms with Crippen molar-refractivity contribution in [2.24, 2.45) is 0 Å². The fourth-order valence-electron chi connectivity index (χ4n) is 3.70. The fourth-order valence-corrected chi connectivity index (χ4v) is 3.70. The van der Waals surface area contributed by atoms with Gasteiger partial charge in [-0.1, -0.05) is 72.8 Å². The van der Waals surface area contributed by atoms with Crippen LogP contribution in [0.25, 0.3) is 22.3 Å². The van der Waals surface area contributed by atoms with Gasteiger partial charge in [0, 0.05) is 17.6 Å². The van der Waals surface area contributed by atoms with Crippen LogP contribution in [0.5, 0.6) is 0 Å². The van der Waals surface area contributed by atoms with Crippen molar-refractivity contribution in [3.63, 3.8) is 0 Å². The number of nitrogens with zero attached hydrogens (tertiary/aromatic N) is 1. The molecule has 0 radical (unpaired) electrons.